The van der Waals surface area contributed by atoms with Crippen molar-refractivity contribution in [1.82, 2.24) is 19.7 Å². The van der Waals surface area contributed by atoms with Crippen LogP contribution in [0.5, 0.6) is 0 Å². The van der Waals surface area contributed by atoms with Crippen LogP contribution in [-0.4, -0.2) is 19.7 Å². The van der Waals surface area contributed by atoms with Crippen LogP contribution in [0.4, 0.5) is 4.39 Å². The maximum atomic E-state index is 13.1. The smallest absolute Gasteiger partial charge is 0.159 e. The van der Waals surface area contributed by atoms with E-state index in [-0.39, 0.29) is 5.82 Å². The molecular weight excluding hydrogens is 243 g/mol. The molecule has 0 bridgehead atoms. The third kappa shape index (κ3) is 2.19. The Morgan fingerprint density at radius 1 is 1.21 bits per heavy atom. The minimum absolute atomic E-state index is 0.276. The average molecular weight is 256 g/mol. The van der Waals surface area contributed by atoms with Gasteiger partial charge in [0.25, 0.3) is 0 Å². The van der Waals surface area contributed by atoms with E-state index >= 15 is 0 Å². The third-order valence-electron chi connectivity index (χ3n) is 2.96. The minimum Gasteiger partial charge on any atom is -0.255 e. The van der Waals surface area contributed by atoms with E-state index in [1.807, 2.05) is 10.7 Å². The quantitative estimate of drug-likeness (QED) is 0.723. The Hall–Kier alpha value is -2.30. The molecule has 0 aliphatic carbocycles. The van der Waals surface area contributed by atoms with Crippen molar-refractivity contribution in [2.75, 3.05) is 0 Å². The van der Waals surface area contributed by atoms with Crippen molar-refractivity contribution >= 4 is 10.9 Å². The highest BCUT2D eigenvalue weighted by Crippen LogP contribution is 2.21. The van der Waals surface area contributed by atoms with Gasteiger partial charge in [0.05, 0.1) is 5.52 Å². The molecular formula is C14H13FN4. The minimum atomic E-state index is -0.276. The van der Waals surface area contributed by atoms with Crippen molar-refractivity contribution in [3.05, 3.63) is 42.6 Å². The lowest BCUT2D eigenvalue weighted by Gasteiger charge is -2.05. The molecule has 4 nitrogen and oxygen atoms in total. The number of hydrogen-bond acceptors (Lipinski definition) is 3. The Balaban J connectivity index is 2.10. The van der Waals surface area contributed by atoms with Gasteiger partial charge in [-0.15, -0.1) is 0 Å². The summed E-state index contributed by atoms with van der Waals surface area (Å²) in [5, 5.41) is 5.09. The predicted molar refractivity (Wildman–Crippen MR) is 71.0 cm³/mol. The second kappa shape index (κ2) is 4.76. The van der Waals surface area contributed by atoms with Crippen molar-refractivity contribution in [2.24, 2.45) is 0 Å². The van der Waals surface area contributed by atoms with Gasteiger partial charge < -0.3 is 0 Å². The molecule has 0 spiro atoms. The van der Waals surface area contributed by atoms with E-state index in [0.29, 0.717) is 5.52 Å². The first kappa shape index (κ1) is 11.8. The summed E-state index contributed by atoms with van der Waals surface area (Å²) in [5.74, 6) is 0.516. The van der Waals surface area contributed by atoms with Crippen LogP contribution in [0.25, 0.3) is 22.3 Å². The number of halogens is 1. The zero-order valence-electron chi connectivity index (χ0n) is 10.5. The summed E-state index contributed by atoms with van der Waals surface area (Å²) in [6, 6.07) is 6.54. The first-order valence-electron chi connectivity index (χ1n) is 6.21. The Morgan fingerprint density at radius 3 is 2.95 bits per heavy atom. The molecule has 5 heteroatoms. The number of pyridine rings is 1. The average Bonchev–Trinajstić information content (AvgIpc) is 2.87. The fraction of sp³-hybridized carbons (Fsp3) is 0.214. The topological polar surface area (TPSA) is 43.6 Å². The van der Waals surface area contributed by atoms with Crippen molar-refractivity contribution < 1.29 is 4.39 Å². The fourth-order valence-electron chi connectivity index (χ4n) is 2.08. The maximum absolute atomic E-state index is 13.1. The van der Waals surface area contributed by atoms with Crippen LogP contribution in [0.2, 0.25) is 0 Å². The zero-order chi connectivity index (χ0) is 13.2. The van der Waals surface area contributed by atoms with Gasteiger partial charge in [0.15, 0.2) is 5.82 Å². The zero-order valence-corrected chi connectivity index (χ0v) is 10.5. The summed E-state index contributed by atoms with van der Waals surface area (Å²) < 4.78 is 15.0. The lowest BCUT2D eigenvalue weighted by molar-refractivity contribution is 0.608. The van der Waals surface area contributed by atoms with E-state index in [4.69, 9.17) is 0 Å². The highest BCUT2D eigenvalue weighted by Gasteiger charge is 2.08. The molecule has 0 fully saturated rings. The molecule has 2 aromatic heterocycles. The van der Waals surface area contributed by atoms with Crippen LogP contribution in [-0.2, 0) is 6.54 Å². The highest BCUT2D eigenvalue weighted by molar-refractivity contribution is 5.82. The first-order chi connectivity index (χ1) is 9.28. The summed E-state index contributed by atoms with van der Waals surface area (Å²) in [6.45, 7) is 2.91. The number of rotatable bonds is 3. The Morgan fingerprint density at radius 2 is 2.11 bits per heavy atom. The van der Waals surface area contributed by atoms with Gasteiger partial charge in [-0.1, -0.05) is 6.92 Å². The number of benzene rings is 1. The standard InChI is InChI=1S/C14H13FN4/c1-2-5-19-14(17-9-18-19)11-6-10-3-4-12(15)7-13(10)16-8-11/h3-4,6-9H,2,5H2,1H3. The molecule has 0 saturated carbocycles. The van der Waals surface area contributed by atoms with Crippen molar-refractivity contribution in [3.8, 4) is 11.4 Å². The molecule has 0 amide bonds. The van der Waals surface area contributed by atoms with Crippen LogP contribution in [0.1, 0.15) is 13.3 Å². The largest absolute Gasteiger partial charge is 0.255 e. The summed E-state index contributed by atoms with van der Waals surface area (Å²) in [5.41, 5.74) is 1.54. The van der Waals surface area contributed by atoms with Gasteiger partial charge in [-0.3, -0.25) is 4.98 Å². The summed E-state index contributed by atoms with van der Waals surface area (Å²) in [7, 11) is 0. The first-order valence-corrected chi connectivity index (χ1v) is 6.21. The van der Waals surface area contributed by atoms with Crippen LogP contribution >= 0.6 is 0 Å². The van der Waals surface area contributed by atoms with Crippen LogP contribution in [0.3, 0.4) is 0 Å². The molecule has 0 radical (unpaired) electrons. The number of hydrogen-bond donors (Lipinski definition) is 0. The molecule has 3 rings (SSSR count). The summed E-state index contributed by atoms with van der Waals surface area (Å²) in [4.78, 5) is 8.55. The Kier molecular flexibility index (Phi) is 2.95. The van der Waals surface area contributed by atoms with E-state index in [1.165, 1.54) is 12.1 Å². The normalized spacial score (nSPS) is 11.1. The van der Waals surface area contributed by atoms with E-state index in [1.54, 1.807) is 18.6 Å². The molecule has 0 N–H and O–H groups in total. The molecule has 2 heterocycles. The van der Waals surface area contributed by atoms with Gasteiger partial charge in [-0.2, -0.15) is 5.10 Å². The molecule has 19 heavy (non-hydrogen) atoms. The van der Waals surface area contributed by atoms with Gasteiger partial charge in [0, 0.05) is 29.8 Å². The number of fused-ring (bicyclic) bond motifs is 1. The highest BCUT2D eigenvalue weighted by atomic mass is 19.1. The van der Waals surface area contributed by atoms with Crippen LogP contribution in [0.15, 0.2) is 36.8 Å². The van der Waals surface area contributed by atoms with E-state index in [2.05, 4.69) is 22.0 Å². The van der Waals surface area contributed by atoms with Crippen LogP contribution < -0.4 is 0 Å². The SMILES string of the molecule is CCCn1ncnc1-c1cnc2cc(F)ccc2c1. The van der Waals surface area contributed by atoms with Gasteiger partial charge in [-0.25, -0.2) is 14.1 Å². The van der Waals surface area contributed by atoms with Crippen molar-refractivity contribution in [3.63, 3.8) is 0 Å². The molecule has 0 atom stereocenters. The molecule has 0 unspecified atom stereocenters. The number of aryl methyl sites for hydroxylation is 1. The van der Waals surface area contributed by atoms with Crippen LogP contribution in [0, 0.1) is 5.82 Å². The van der Waals surface area contributed by atoms with E-state index in [0.717, 1.165) is 29.7 Å². The second-order valence-electron chi connectivity index (χ2n) is 4.37. The Bertz CT molecular complexity index is 720. The summed E-state index contributed by atoms with van der Waals surface area (Å²) >= 11 is 0. The van der Waals surface area contributed by atoms with Gasteiger partial charge in [0.1, 0.15) is 12.1 Å². The third-order valence-corrected chi connectivity index (χ3v) is 2.96. The van der Waals surface area contributed by atoms with E-state index in [9.17, 15) is 4.39 Å². The maximum Gasteiger partial charge on any atom is 0.159 e. The van der Waals surface area contributed by atoms with Gasteiger partial charge in [0.2, 0.25) is 0 Å². The molecule has 0 aliphatic rings. The van der Waals surface area contributed by atoms with Gasteiger partial charge >= 0.3 is 0 Å². The van der Waals surface area contributed by atoms with Gasteiger partial charge in [-0.05, 0) is 24.6 Å². The number of aromatic nitrogens is 4. The second-order valence-corrected chi connectivity index (χ2v) is 4.37. The fourth-order valence-corrected chi connectivity index (χ4v) is 2.08. The lowest BCUT2D eigenvalue weighted by Crippen LogP contribution is -2.01. The molecule has 3 aromatic rings. The number of nitrogens with zero attached hydrogens (tertiary/aromatic N) is 4. The predicted octanol–water partition coefficient (Wildman–Crippen LogP) is 3.04. The molecule has 0 saturated heterocycles. The molecule has 1 aromatic carbocycles. The van der Waals surface area contributed by atoms with E-state index < -0.39 is 0 Å². The Labute approximate surface area is 109 Å². The summed E-state index contributed by atoms with van der Waals surface area (Å²) in [6.07, 6.45) is 4.24. The molecule has 96 valence electrons. The lowest BCUT2D eigenvalue weighted by atomic mass is 10.1. The van der Waals surface area contributed by atoms with Crippen molar-refractivity contribution in [2.45, 2.75) is 19.9 Å². The molecule has 0 aliphatic heterocycles. The van der Waals surface area contributed by atoms with Crippen molar-refractivity contribution in [1.29, 1.82) is 0 Å². The monoisotopic (exact) mass is 256 g/mol.